The second kappa shape index (κ2) is 9.07. The molecular weight excluding hydrogens is 388 g/mol. The zero-order valence-corrected chi connectivity index (χ0v) is 17.8. The Kier molecular flexibility index (Phi) is 6.28. The Morgan fingerprint density at radius 2 is 1.86 bits per heavy atom. The van der Waals surface area contributed by atoms with Crippen molar-refractivity contribution in [3.05, 3.63) is 18.2 Å². The van der Waals surface area contributed by atoms with Gasteiger partial charge in [0, 0.05) is 17.6 Å². The van der Waals surface area contributed by atoms with Crippen LogP contribution in [-0.4, -0.2) is 46.7 Å². The quantitative estimate of drug-likeness (QED) is 0.659. The standard InChI is InChI=1S/C21H28N4O3S/c1-27-17-11-8-14(12-18(17)28-2)20-23-24-21(25(20)16-6-4-3-5-7-16)29-13-19(26)22-15-9-10-15/h8,11-12,15-16H,3-7,9-10,13H2,1-2H3,(H,22,26). The van der Waals surface area contributed by atoms with Crippen LogP contribution in [0.4, 0.5) is 0 Å². The van der Waals surface area contributed by atoms with Crippen molar-refractivity contribution in [2.24, 2.45) is 0 Å². The van der Waals surface area contributed by atoms with Crippen molar-refractivity contribution < 1.29 is 14.3 Å². The first-order valence-electron chi connectivity index (χ1n) is 10.3. The third-order valence-electron chi connectivity index (χ3n) is 5.52. The monoisotopic (exact) mass is 416 g/mol. The van der Waals surface area contributed by atoms with Crippen molar-refractivity contribution in [3.63, 3.8) is 0 Å². The third-order valence-corrected chi connectivity index (χ3v) is 6.46. The highest BCUT2D eigenvalue weighted by atomic mass is 32.2. The molecule has 4 rings (SSSR count). The molecule has 0 saturated heterocycles. The first-order chi connectivity index (χ1) is 14.2. The van der Waals surface area contributed by atoms with Gasteiger partial charge in [-0.25, -0.2) is 0 Å². The zero-order valence-electron chi connectivity index (χ0n) is 17.0. The van der Waals surface area contributed by atoms with Crippen LogP contribution in [0.15, 0.2) is 23.4 Å². The predicted octanol–water partition coefficient (Wildman–Crippen LogP) is 3.84. The second-order valence-corrected chi connectivity index (χ2v) is 8.61. The van der Waals surface area contributed by atoms with E-state index in [4.69, 9.17) is 9.47 Å². The lowest BCUT2D eigenvalue weighted by Crippen LogP contribution is -2.27. The van der Waals surface area contributed by atoms with E-state index < -0.39 is 0 Å². The van der Waals surface area contributed by atoms with Crippen LogP contribution in [0.2, 0.25) is 0 Å². The number of benzene rings is 1. The summed E-state index contributed by atoms with van der Waals surface area (Å²) in [6.07, 6.45) is 8.11. The molecule has 156 valence electrons. The number of amides is 1. The molecule has 0 bridgehead atoms. The number of nitrogens with one attached hydrogen (secondary N) is 1. The van der Waals surface area contributed by atoms with Crippen molar-refractivity contribution in [1.29, 1.82) is 0 Å². The van der Waals surface area contributed by atoms with Gasteiger partial charge in [0.2, 0.25) is 5.91 Å². The van der Waals surface area contributed by atoms with E-state index in [1.54, 1.807) is 14.2 Å². The van der Waals surface area contributed by atoms with Crippen LogP contribution < -0.4 is 14.8 Å². The molecule has 1 aromatic heterocycles. The molecule has 2 fully saturated rings. The fourth-order valence-electron chi connectivity index (χ4n) is 3.84. The van der Waals surface area contributed by atoms with Crippen LogP contribution in [0.5, 0.6) is 11.5 Å². The van der Waals surface area contributed by atoms with Gasteiger partial charge in [0.1, 0.15) is 0 Å². The molecule has 7 nitrogen and oxygen atoms in total. The maximum absolute atomic E-state index is 12.2. The molecule has 2 aliphatic rings. The Labute approximate surface area is 175 Å². The number of carbonyl (C=O) groups excluding carboxylic acids is 1. The van der Waals surface area contributed by atoms with Crippen LogP contribution >= 0.6 is 11.8 Å². The average Bonchev–Trinajstić information content (AvgIpc) is 3.47. The number of methoxy groups -OCH3 is 2. The summed E-state index contributed by atoms with van der Waals surface area (Å²) in [7, 11) is 3.26. The third kappa shape index (κ3) is 4.69. The van der Waals surface area contributed by atoms with Gasteiger partial charge in [0.15, 0.2) is 22.5 Å². The second-order valence-electron chi connectivity index (χ2n) is 7.67. The number of rotatable bonds is 8. The fraction of sp³-hybridized carbons (Fsp3) is 0.571. The lowest BCUT2D eigenvalue weighted by molar-refractivity contribution is -0.118. The molecule has 2 saturated carbocycles. The fourth-order valence-corrected chi connectivity index (χ4v) is 4.66. The summed E-state index contributed by atoms with van der Waals surface area (Å²) in [5.41, 5.74) is 0.940. The van der Waals surface area contributed by atoms with Crippen LogP contribution in [0.3, 0.4) is 0 Å². The Morgan fingerprint density at radius 1 is 1.10 bits per heavy atom. The minimum Gasteiger partial charge on any atom is -0.493 e. The first kappa shape index (κ1) is 20.1. The highest BCUT2D eigenvalue weighted by Crippen LogP contribution is 2.38. The number of hydrogen-bond donors (Lipinski definition) is 1. The maximum atomic E-state index is 12.2. The van der Waals surface area contributed by atoms with Gasteiger partial charge in [-0.1, -0.05) is 31.0 Å². The van der Waals surface area contributed by atoms with E-state index in [0.717, 1.165) is 42.2 Å². The van der Waals surface area contributed by atoms with Crippen molar-refractivity contribution in [3.8, 4) is 22.9 Å². The Morgan fingerprint density at radius 3 is 2.55 bits per heavy atom. The molecule has 0 spiro atoms. The summed E-state index contributed by atoms with van der Waals surface area (Å²) < 4.78 is 13.1. The number of ether oxygens (including phenoxy) is 2. The van der Waals surface area contributed by atoms with Gasteiger partial charge < -0.3 is 14.8 Å². The smallest absolute Gasteiger partial charge is 0.230 e. The topological polar surface area (TPSA) is 78.3 Å². The van der Waals surface area contributed by atoms with Crippen molar-refractivity contribution in [1.82, 2.24) is 20.1 Å². The maximum Gasteiger partial charge on any atom is 0.230 e. The van der Waals surface area contributed by atoms with Crippen molar-refractivity contribution in [2.75, 3.05) is 20.0 Å². The summed E-state index contributed by atoms with van der Waals surface area (Å²) in [6, 6.07) is 6.55. The first-order valence-corrected chi connectivity index (χ1v) is 11.3. The molecule has 0 aliphatic heterocycles. The van der Waals surface area contributed by atoms with E-state index >= 15 is 0 Å². The molecule has 8 heteroatoms. The molecule has 1 heterocycles. The molecular formula is C21H28N4O3S. The van der Waals surface area contributed by atoms with E-state index in [1.807, 2.05) is 18.2 Å². The molecule has 29 heavy (non-hydrogen) atoms. The average molecular weight is 417 g/mol. The van der Waals surface area contributed by atoms with Crippen LogP contribution in [0, 0.1) is 0 Å². The van der Waals surface area contributed by atoms with Gasteiger partial charge >= 0.3 is 0 Å². The van der Waals surface area contributed by atoms with Crippen molar-refractivity contribution in [2.45, 2.75) is 62.2 Å². The van der Waals surface area contributed by atoms with E-state index in [1.165, 1.54) is 31.0 Å². The predicted molar refractivity (Wildman–Crippen MR) is 113 cm³/mol. The molecule has 0 atom stereocenters. The molecule has 2 aliphatic carbocycles. The van der Waals surface area contributed by atoms with Gasteiger partial charge in [-0.05, 0) is 43.9 Å². The largest absolute Gasteiger partial charge is 0.493 e. The molecule has 1 N–H and O–H groups in total. The molecule has 1 aromatic carbocycles. The van der Waals surface area contributed by atoms with Gasteiger partial charge in [0.25, 0.3) is 0 Å². The SMILES string of the molecule is COc1ccc(-c2nnc(SCC(=O)NC3CC3)n2C2CCCCC2)cc1OC. The molecule has 2 aromatic rings. The van der Waals surface area contributed by atoms with Crippen LogP contribution in [-0.2, 0) is 4.79 Å². The normalized spacial score (nSPS) is 17.2. The van der Waals surface area contributed by atoms with Crippen LogP contribution in [0.1, 0.15) is 51.0 Å². The summed E-state index contributed by atoms with van der Waals surface area (Å²) in [4.78, 5) is 12.2. The van der Waals surface area contributed by atoms with Crippen molar-refractivity contribution >= 4 is 17.7 Å². The summed E-state index contributed by atoms with van der Waals surface area (Å²) in [5.74, 6) is 2.62. The summed E-state index contributed by atoms with van der Waals surface area (Å²) in [6.45, 7) is 0. The highest BCUT2D eigenvalue weighted by Gasteiger charge is 2.26. The Balaban J connectivity index is 1.62. The van der Waals surface area contributed by atoms with Gasteiger partial charge in [-0.15, -0.1) is 10.2 Å². The molecule has 0 radical (unpaired) electrons. The Hall–Kier alpha value is -2.22. The summed E-state index contributed by atoms with van der Waals surface area (Å²) >= 11 is 1.47. The molecule has 0 unspecified atom stereocenters. The lowest BCUT2D eigenvalue weighted by Gasteiger charge is -2.25. The zero-order chi connectivity index (χ0) is 20.2. The lowest BCUT2D eigenvalue weighted by atomic mass is 9.95. The van der Waals surface area contributed by atoms with E-state index in [0.29, 0.717) is 29.3 Å². The van der Waals surface area contributed by atoms with E-state index in [-0.39, 0.29) is 5.91 Å². The number of thioether (sulfide) groups is 1. The summed E-state index contributed by atoms with van der Waals surface area (Å²) in [5, 5.41) is 12.8. The number of carbonyl (C=O) groups is 1. The van der Waals surface area contributed by atoms with Gasteiger partial charge in [-0.2, -0.15) is 0 Å². The minimum absolute atomic E-state index is 0.0726. The van der Waals surface area contributed by atoms with E-state index in [2.05, 4.69) is 20.1 Å². The molecule has 1 amide bonds. The number of nitrogens with zero attached hydrogens (tertiary/aromatic N) is 3. The van der Waals surface area contributed by atoms with E-state index in [9.17, 15) is 4.79 Å². The van der Waals surface area contributed by atoms with Crippen LogP contribution in [0.25, 0.3) is 11.4 Å². The number of aromatic nitrogens is 3. The number of hydrogen-bond acceptors (Lipinski definition) is 6. The minimum atomic E-state index is 0.0726. The Bertz CT molecular complexity index is 860. The van der Waals surface area contributed by atoms with Gasteiger partial charge in [-0.3, -0.25) is 9.36 Å². The highest BCUT2D eigenvalue weighted by molar-refractivity contribution is 7.99. The van der Waals surface area contributed by atoms with Gasteiger partial charge in [0.05, 0.1) is 20.0 Å².